The minimum Gasteiger partial charge on any atom is -0.468 e. The Morgan fingerprint density at radius 1 is 1.79 bits per heavy atom. The third kappa shape index (κ3) is 2.75. The molecule has 0 saturated heterocycles. The summed E-state index contributed by atoms with van der Waals surface area (Å²) < 4.78 is 4.43. The van der Waals surface area contributed by atoms with Crippen LogP contribution in [0.4, 0.5) is 5.82 Å². The van der Waals surface area contributed by atoms with E-state index in [1.807, 2.05) is 6.07 Å². The molecule has 0 aliphatic heterocycles. The molecule has 5 nitrogen and oxygen atoms in total. The second-order valence-electron chi connectivity index (χ2n) is 2.47. The number of methoxy groups -OCH3 is 1. The van der Waals surface area contributed by atoms with Crippen LogP contribution in [0.1, 0.15) is 5.56 Å². The highest BCUT2D eigenvalue weighted by Crippen LogP contribution is 2.04. The third-order valence-electron chi connectivity index (χ3n) is 1.53. The molecule has 0 amide bonds. The predicted octanol–water partition coefficient (Wildman–Crippen LogP) is 0.538. The quantitative estimate of drug-likeness (QED) is 0.705. The van der Waals surface area contributed by atoms with Crippen molar-refractivity contribution in [2.24, 2.45) is 0 Å². The number of hydrogen-bond donors (Lipinski definition) is 1. The number of ether oxygens (including phenoxy) is 1. The third-order valence-corrected chi connectivity index (χ3v) is 1.53. The van der Waals surface area contributed by atoms with Gasteiger partial charge in [-0.15, -0.1) is 0 Å². The van der Waals surface area contributed by atoms with E-state index in [-0.39, 0.29) is 12.5 Å². The first-order valence-electron chi connectivity index (χ1n) is 3.93. The van der Waals surface area contributed by atoms with Gasteiger partial charge in [-0.3, -0.25) is 4.79 Å². The fourth-order valence-corrected chi connectivity index (χ4v) is 0.832. The Hall–Kier alpha value is -2.09. The van der Waals surface area contributed by atoms with Crippen LogP contribution in [0.3, 0.4) is 0 Å². The molecule has 1 aromatic heterocycles. The summed E-state index contributed by atoms with van der Waals surface area (Å²) in [6.45, 7) is 0.0401. The Bertz CT molecular complexity index is 371. The average Bonchev–Trinajstić information content (AvgIpc) is 2.26. The lowest BCUT2D eigenvalue weighted by molar-refractivity contribution is -0.138. The fraction of sp³-hybridized carbons (Fsp3) is 0.222. The van der Waals surface area contributed by atoms with E-state index in [9.17, 15) is 4.79 Å². The van der Waals surface area contributed by atoms with Crippen molar-refractivity contribution in [3.63, 3.8) is 0 Å². The lowest BCUT2D eigenvalue weighted by Gasteiger charge is -2.03. The molecular weight excluding hydrogens is 182 g/mol. The number of carbonyl (C=O) groups excluding carboxylic acids is 1. The summed E-state index contributed by atoms with van der Waals surface area (Å²) in [6, 6.07) is 5.12. The Kier molecular flexibility index (Phi) is 3.44. The van der Waals surface area contributed by atoms with Gasteiger partial charge < -0.3 is 10.1 Å². The Morgan fingerprint density at radius 3 is 3.21 bits per heavy atom. The lowest BCUT2D eigenvalue weighted by Crippen LogP contribution is -2.15. The maximum Gasteiger partial charge on any atom is 0.325 e. The SMILES string of the molecule is COC(=O)CNc1cc(C#N)ccn1. The van der Waals surface area contributed by atoms with Crippen molar-refractivity contribution in [1.82, 2.24) is 4.98 Å². The standard InChI is InChI=1S/C9H9N3O2/c1-14-9(13)6-12-8-4-7(5-10)2-3-11-8/h2-4H,6H2,1H3,(H,11,12). The van der Waals surface area contributed by atoms with Gasteiger partial charge in [0.1, 0.15) is 12.4 Å². The minimum absolute atomic E-state index is 0.0401. The number of rotatable bonds is 3. The highest BCUT2D eigenvalue weighted by Gasteiger charge is 2.00. The summed E-state index contributed by atoms with van der Waals surface area (Å²) in [7, 11) is 1.31. The van der Waals surface area contributed by atoms with Crippen LogP contribution in [0.2, 0.25) is 0 Å². The summed E-state index contributed by atoms with van der Waals surface area (Å²) in [6.07, 6.45) is 1.50. The van der Waals surface area contributed by atoms with Crippen molar-refractivity contribution in [3.05, 3.63) is 23.9 Å². The van der Waals surface area contributed by atoms with Gasteiger partial charge in [-0.25, -0.2) is 4.98 Å². The molecule has 0 radical (unpaired) electrons. The molecule has 5 heteroatoms. The summed E-state index contributed by atoms with van der Waals surface area (Å²) in [5, 5.41) is 11.3. The summed E-state index contributed by atoms with van der Waals surface area (Å²) in [5.74, 6) is 0.101. The molecule has 0 spiro atoms. The first-order chi connectivity index (χ1) is 6.76. The number of pyridine rings is 1. The van der Waals surface area contributed by atoms with Crippen LogP contribution >= 0.6 is 0 Å². The molecule has 1 heterocycles. The normalized spacial score (nSPS) is 8.86. The van der Waals surface area contributed by atoms with Gasteiger partial charge in [-0.05, 0) is 12.1 Å². The van der Waals surface area contributed by atoms with Crippen LogP contribution < -0.4 is 5.32 Å². The molecule has 0 saturated carbocycles. The van der Waals surface area contributed by atoms with E-state index in [1.165, 1.54) is 13.3 Å². The second-order valence-corrected chi connectivity index (χ2v) is 2.47. The smallest absolute Gasteiger partial charge is 0.325 e. The van der Waals surface area contributed by atoms with Crippen molar-refractivity contribution in [2.75, 3.05) is 19.0 Å². The molecule has 0 aliphatic carbocycles. The molecule has 0 aliphatic rings. The molecule has 0 atom stereocenters. The van der Waals surface area contributed by atoms with Crippen LogP contribution in [-0.4, -0.2) is 24.6 Å². The zero-order valence-electron chi connectivity index (χ0n) is 7.65. The predicted molar refractivity (Wildman–Crippen MR) is 49.5 cm³/mol. The van der Waals surface area contributed by atoms with Crippen LogP contribution in [-0.2, 0) is 9.53 Å². The first-order valence-corrected chi connectivity index (χ1v) is 3.93. The topological polar surface area (TPSA) is 75.0 Å². The molecular formula is C9H9N3O2. The molecule has 1 rings (SSSR count). The van der Waals surface area contributed by atoms with Crippen LogP contribution in [0, 0.1) is 11.3 Å². The number of nitrogens with one attached hydrogen (secondary N) is 1. The number of hydrogen-bond acceptors (Lipinski definition) is 5. The minimum atomic E-state index is -0.380. The van der Waals surface area contributed by atoms with Gasteiger partial charge in [0, 0.05) is 6.20 Å². The van der Waals surface area contributed by atoms with Gasteiger partial charge in [0.2, 0.25) is 0 Å². The van der Waals surface area contributed by atoms with E-state index in [0.717, 1.165) is 0 Å². The summed E-state index contributed by atoms with van der Waals surface area (Å²) >= 11 is 0. The molecule has 0 unspecified atom stereocenters. The Balaban J connectivity index is 2.60. The Labute approximate surface area is 81.3 Å². The van der Waals surface area contributed by atoms with Gasteiger partial charge >= 0.3 is 5.97 Å². The van der Waals surface area contributed by atoms with E-state index in [2.05, 4.69) is 15.0 Å². The molecule has 1 N–H and O–H groups in total. The highest BCUT2D eigenvalue weighted by molar-refractivity contribution is 5.74. The van der Waals surface area contributed by atoms with E-state index >= 15 is 0 Å². The first kappa shape index (κ1) is 9.99. The van der Waals surface area contributed by atoms with Gasteiger partial charge in [-0.2, -0.15) is 5.26 Å². The maximum absolute atomic E-state index is 10.8. The van der Waals surface area contributed by atoms with Crippen molar-refractivity contribution < 1.29 is 9.53 Å². The summed E-state index contributed by atoms with van der Waals surface area (Å²) in [4.78, 5) is 14.7. The molecule has 0 aromatic carbocycles. The van der Waals surface area contributed by atoms with E-state index in [0.29, 0.717) is 11.4 Å². The molecule has 1 aromatic rings. The van der Waals surface area contributed by atoms with Crippen molar-refractivity contribution in [3.8, 4) is 6.07 Å². The fourth-order valence-electron chi connectivity index (χ4n) is 0.832. The monoisotopic (exact) mass is 191 g/mol. The molecule has 0 bridgehead atoms. The molecule has 14 heavy (non-hydrogen) atoms. The molecule has 72 valence electrons. The number of carbonyl (C=O) groups is 1. The number of aromatic nitrogens is 1. The second kappa shape index (κ2) is 4.82. The van der Waals surface area contributed by atoms with E-state index in [4.69, 9.17) is 5.26 Å². The average molecular weight is 191 g/mol. The number of anilines is 1. The van der Waals surface area contributed by atoms with Gasteiger partial charge in [0.05, 0.1) is 18.7 Å². The van der Waals surface area contributed by atoms with Gasteiger partial charge in [-0.1, -0.05) is 0 Å². The summed E-state index contributed by atoms with van der Waals surface area (Å²) in [5.41, 5.74) is 0.493. The van der Waals surface area contributed by atoms with E-state index < -0.39 is 0 Å². The number of nitrogens with zero attached hydrogens (tertiary/aromatic N) is 2. The lowest BCUT2D eigenvalue weighted by atomic mass is 10.3. The zero-order valence-corrected chi connectivity index (χ0v) is 7.65. The van der Waals surface area contributed by atoms with Crippen molar-refractivity contribution in [1.29, 1.82) is 5.26 Å². The largest absolute Gasteiger partial charge is 0.468 e. The number of esters is 1. The molecule has 0 fully saturated rings. The van der Waals surface area contributed by atoms with Gasteiger partial charge in [0.25, 0.3) is 0 Å². The number of nitriles is 1. The van der Waals surface area contributed by atoms with Crippen LogP contribution in [0.25, 0.3) is 0 Å². The van der Waals surface area contributed by atoms with E-state index in [1.54, 1.807) is 12.1 Å². The van der Waals surface area contributed by atoms with Crippen LogP contribution in [0.15, 0.2) is 18.3 Å². The van der Waals surface area contributed by atoms with Gasteiger partial charge in [0.15, 0.2) is 0 Å². The Morgan fingerprint density at radius 2 is 2.57 bits per heavy atom. The van der Waals surface area contributed by atoms with Crippen LogP contribution in [0.5, 0.6) is 0 Å². The van der Waals surface area contributed by atoms with Crippen molar-refractivity contribution >= 4 is 11.8 Å². The highest BCUT2D eigenvalue weighted by atomic mass is 16.5. The zero-order chi connectivity index (χ0) is 10.4. The maximum atomic E-state index is 10.8. The van der Waals surface area contributed by atoms with Crippen molar-refractivity contribution in [2.45, 2.75) is 0 Å².